The van der Waals surface area contributed by atoms with E-state index >= 15 is 0 Å². The summed E-state index contributed by atoms with van der Waals surface area (Å²) in [6.45, 7) is 0. The number of carboxylic acids is 1. The van der Waals surface area contributed by atoms with Crippen molar-refractivity contribution in [3.63, 3.8) is 0 Å². The standard InChI is InChI=1S/C8H7N3O.C2HF3O2/c9-8(12)11-4-2-7-6(5-11)1-3-10-7;3-2(4,5)1(6)7/h1-5H,(H2,9,12);(H,6,7). The quantitative estimate of drug-likeness (QED) is 0.762. The number of primary amides is 1. The van der Waals surface area contributed by atoms with Gasteiger partial charge in [0.1, 0.15) is 0 Å². The van der Waals surface area contributed by atoms with Crippen molar-refractivity contribution in [2.45, 2.75) is 6.18 Å². The number of aromatic nitrogens is 2. The number of fused-ring (bicyclic) bond motifs is 1. The normalized spacial score (nSPS) is 10.7. The third kappa shape index (κ3) is 3.98. The molecule has 0 unspecified atom stereocenters. The van der Waals surface area contributed by atoms with Gasteiger partial charge in [0, 0.05) is 24.2 Å². The fraction of sp³-hybridized carbons (Fsp3) is 0.100. The zero-order valence-electron chi connectivity index (χ0n) is 9.26. The lowest BCUT2D eigenvalue weighted by Gasteiger charge is -2.02. The van der Waals surface area contributed by atoms with Crippen LogP contribution in [0.5, 0.6) is 0 Å². The molecule has 1 amide bonds. The molecule has 6 nitrogen and oxygen atoms in total. The van der Waals surface area contributed by atoms with Gasteiger partial charge in [-0.25, -0.2) is 9.59 Å². The zero-order valence-corrected chi connectivity index (χ0v) is 9.26. The number of alkyl halides is 3. The predicted molar refractivity (Wildman–Crippen MR) is 57.5 cm³/mol. The van der Waals surface area contributed by atoms with Gasteiger partial charge in [-0.1, -0.05) is 0 Å². The first-order valence-electron chi connectivity index (χ1n) is 4.74. The largest absolute Gasteiger partial charge is 0.490 e. The van der Waals surface area contributed by atoms with Crippen molar-refractivity contribution < 1.29 is 27.9 Å². The second kappa shape index (κ2) is 5.38. The Morgan fingerprint density at radius 1 is 1.32 bits per heavy atom. The molecular formula is C10H8F3N3O3. The van der Waals surface area contributed by atoms with Gasteiger partial charge in [-0.3, -0.25) is 9.55 Å². The fourth-order valence-electron chi connectivity index (χ4n) is 1.09. The van der Waals surface area contributed by atoms with Crippen molar-refractivity contribution >= 4 is 12.0 Å². The van der Waals surface area contributed by atoms with Gasteiger partial charge in [0.15, 0.2) is 0 Å². The fourth-order valence-corrected chi connectivity index (χ4v) is 1.09. The minimum atomic E-state index is -5.08. The first-order valence-corrected chi connectivity index (χ1v) is 4.74. The van der Waals surface area contributed by atoms with Crippen LogP contribution in [0.2, 0.25) is 0 Å². The Morgan fingerprint density at radius 2 is 1.89 bits per heavy atom. The molecule has 0 saturated carbocycles. The third-order valence-corrected chi connectivity index (χ3v) is 1.93. The van der Waals surface area contributed by atoms with Crippen LogP contribution in [0.1, 0.15) is 0 Å². The topological polar surface area (TPSA) is 98.2 Å². The van der Waals surface area contributed by atoms with Gasteiger partial charge < -0.3 is 10.8 Å². The molecule has 0 aromatic rings. The molecule has 9 heteroatoms. The van der Waals surface area contributed by atoms with Crippen LogP contribution in [-0.4, -0.2) is 32.8 Å². The maximum absolute atomic E-state index is 10.7. The molecule has 3 N–H and O–H groups in total. The Kier molecular flexibility index (Phi) is 4.10. The van der Waals surface area contributed by atoms with Crippen LogP contribution in [0, 0.1) is 0 Å². The molecule has 19 heavy (non-hydrogen) atoms. The lowest BCUT2D eigenvalue weighted by atomic mass is 10.2. The molecule has 0 aromatic carbocycles. The van der Waals surface area contributed by atoms with E-state index in [1.807, 2.05) is 6.07 Å². The number of carboxylic acid groups (broad SMARTS) is 1. The molecule has 102 valence electrons. The second-order valence-electron chi connectivity index (χ2n) is 3.28. The molecular weight excluding hydrogens is 267 g/mol. The van der Waals surface area contributed by atoms with E-state index in [0.29, 0.717) is 0 Å². The van der Waals surface area contributed by atoms with Crippen molar-refractivity contribution in [2.24, 2.45) is 5.73 Å². The van der Waals surface area contributed by atoms with E-state index in [-0.39, 0.29) is 0 Å². The molecule has 0 atom stereocenters. The lowest BCUT2D eigenvalue weighted by molar-refractivity contribution is -0.192. The Morgan fingerprint density at radius 3 is 2.37 bits per heavy atom. The Bertz CT molecular complexity index is 565. The number of hydrogen-bond donors (Lipinski definition) is 2. The number of pyridine rings is 1. The maximum atomic E-state index is 10.7. The highest BCUT2D eigenvalue weighted by Gasteiger charge is 2.38. The SMILES string of the molecule is NC(=O)n1ccc2nccc-2c1.O=C(O)C(F)(F)F. The van der Waals surface area contributed by atoms with Crippen LogP contribution in [0.25, 0.3) is 11.3 Å². The van der Waals surface area contributed by atoms with Crippen molar-refractivity contribution in [2.75, 3.05) is 0 Å². The summed E-state index contributed by atoms with van der Waals surface area (Å²) >= 11 is 0. The molecule has 0 spiro atoms. The van der Waals surface area contributed by atoms with E-state index < -0.39 is 18.2 Å². The van der Waals surface area contributed by atoms with Crippen molar-refractivity contribution in [3.05, 3.63) is 30.7 Å². The van der Waals surface area contributed by atoms with Gasteiger partial charge in [-0.2, -0.15) is 13.2 Å². The van der Waals surface area contributed by atoms with Gasteiger partial charge in [0.25, 0.3) is 0 Å². The van der Waals surface area contributed by atoms with Crippen LogP contribution in [0.15, 0.2) is 30.7 Å². The number of amides is 1. The van der Waals surface area contributed by atoms with E-state index in [1.165, 1.54) is 4.57 Å². The average Bonchev–Trinajstić information content (AvgIpc) is 2.74. The van der Waals surface area contributed by atoms with Crippen molar-refractivity contribution in [3.8, 4) is 11.3 Å². The van der Waals surface area contributed by atoms with Gasteiger partial charge in [0.05, 0.1) is 5.69 Å². The average molecular weight is 275 g/mol. The van der Waals surface area contributed by atoms with Crippen molar-refractivity contribution in [1.82, 2.24) is 9.55 Å². The summed E-state index contributed by atoms with van der Waals surface area (Å²) in [6.07, 6.45) is -0.141. The summed E-state index contributed by atoms with van der Waals surface area (Å²) in [7, 11) is 0. The molecule has 2 aliphatic rings. The lowest BCUT2D eigenvalue weighted by Crippen LogP contribution is -2.21. The predicted octanol–water partition coefficient (Wildman–Crippen LogP) is 1.55. The van der Waals surface area contributed by atoms with Crippen molar-refractivity contribution in [1.29, 1.82) is 0 Å². The summed E-state index contributed by atoms with van der Waals surface area (Å²) in [6, 6.07) is 3.09. The van der Waals surface area contributed by atoms with Crippen LogP contribution < -0.4 is 5.73 Å². The molecule has 0 saturated heterocycles. The number of halogens is 3. The first kappa shape index (κ1) is 14.5. The van der Waals surface area contributed by atoms with E-state index in [9.17, 15) is 18.0 Å². The van der Waals surface area contributed by atoms with E-state index in [4.69, 9.17) is 15.6 Å². The molecule has 0 aromatic heterocycles. The van der Waals surface area contributed by atoms with Crippen LogP contribution in [0.4, 0.5) is 18.0 Å². The molecule has 2 aliphatic heterocycles. The molecule has 2 heterocycles. The molecule has 0 fully saturated rings. The monoisotopic (exact) mass is 275 g/mol. The third-order valence-electron chi connectivity index (χ3n) is 1.93. The highest BCUT2D eigenvalue weighted by Crippen LogP contribution is 2.17. The molecule has 0 bridgehead atoms. The zero-order chi connectivity index (χ0) is 14.6. The van der Waals surface area contributed by atoms with Crippen LogP contribution in [-0.2, 0) is 4.79 Å². The summed E-state index contributed by atoms with van der Waals surface area (Å²) in [4.78, 5) is 23.7. The Balaban J connectivity index is 0.000000224. The first-order chi connectivity index (χ1) is 8.71. The number of aliphatic carboxylic acids is 1. The number of carbonyl (C=O) groups excluding carboxylic acids is 1. The maximum Gasteiger partial charge on any atom is 0.490 e. The summed E-state index contributed by atoms with van der Waals surface area (Å²) in [5.74, 6) is -2.76. The number of rotatable bonds is 0. The van der Waals surface area contributed by atoms with Gasteiger partial charge in [0.2, 0.25) is 0 Å². The summed E-state index contributed by atoms with van der Waals surface area (Å²) in [5.41, 5.74) is 6.86. The molecule has 0 aliphatic carbocycles. The van der Waals surface area contributed by atoms with Crippen LogP contribution >= 0.6 is 0 Å². The number of nitrogens with zero attached hydrogens (tertiary/aromatic N) is 2. The molecule has 2 rings (SSSR count). The van der Waals surface area contributed by atoms with Gasteiger partial charge in [-0.15, -0.1) is 0 Å². The van der Waals surface area contributed by atoms with E-state index in [2.05, 4.69) is 4.98 Å². The Hall–Kier alpha value is -2.58. The number of nitrogens with two attached hydrogens (primary N) is 1. The number of carbonyl (C=O) groups is 2. The summed E-state index contributed by atoms with van der Waals surface area (Å²) in [5, 5.41) is 7.12. The highest BCUT2D eigenvalue weighted by molar-refractivity contribution is 5.76. The smallest absolute Gasteiger partial charge is 0.475 e. The Labute approximate surface area is 104 Å². The highest BCUT2D eigenvalue weighted by atomic mass is 19.4. The molecule has 0 radical (unpaired) electrons. The van der Waals surface area contributed by atoms with E-state index in [1.54, 1.807) is 24.7 Å². The minimum Gasteiger partial charge on any atom is -0.475 e. The minimum absolute atomic E-state index is 0.488. The van der Waals surface area contributed by atoms with Crippen LogP contribution in [0.3, 0.4) is 0 Å². The van der Waals surface area contributed by atoms with Gasteiger partial charge in [-0.05, 0) is 12.1 Å². The summed E-state index contributed by atoms with van der Waals surface area (Å²) < 4.78 is 33.1. The van der Waals surface area contributed by atoms with Gasteiger partial charge >= 0.3 is 18.2 Å². The second-order valence-corrected chi connectivity index (χ2v) is 3.28. The van der Waals surface area contributed by atoms with E-state index in [0.717, 1.165) is 11.3 Å². The number of hydrogen-bond acceptors (Lipinski definition) is 3.